The standard InChI is InChI=1S/C10H13N5O/c1-8-9(6-14(2)13-8)12-10(16)7-15-5-3-4-11-15/h3-6H,7H2,1-2H3,(H,12,16). The molecule has 6 nitrogen and oxygen atoms in total. The van der Waals surface area contributed by atoms with Gasteiger partial charge in [0.15, 0.2) is 0 Å². The fraction of sp³-hybridized carbons (Fsp3) is 0.300. The number of nitrogens with one attached hydrogen (secondary N) is 1. The summed E-state index contributed by atoms with van der Waals surface area (Å²) in [6.07, 6.45) is 5.16. The molecule has 6 heteroatoms. The van der Waals surface area contributed by atoms with Gasteiger partial charge in [0.1, 0.15) is 6.54 Å². The van der Waals surface area contributed by atoms with E-state index < -0.39 is 0 Å². The highest BCUT2D eigenvalue weighted by atomic mass is 16.2. The Morgan fingerprint density at radius 1 is 1.56 bits per heavy atom. The van der Waals surface area contributed by atoms with Gasteiger partial charge in [0.2, 0.25) is 5.91 Å². The first-order chi connectivity index (χ1) is 7.65. The second kappa shape index (κ2) is 4.18. The van der Waals surface area contributed by atoms with Crippen LogP contribution < -0.4 is 5.32 Å². The lowest BCUT2D eigenvalue weighted by atomic mass is 10.4. The Morgan fingerprint density at radius 2 is 2.38 bits per heavy atom. The van der Waals surface area contributed by atoms with Crippen molar-refractivity contribution in [1.82, 2.24) is 19.6 Å². The highest BCUT2D eigenvalue weighted by Crippen LogP contribution is 2.10. The number of amides is 1. The molecule has 2 heterocycles. The third kappa shape index (κ3) is 2.28. The van der Waals surface area contributed by atoms with Crippen molar-refractivity contribution in [3.05, 3.63) is 30.4 Å². The number of hydrogen-bond donors (Lipinski definition) is 1. The molecule has 0 aromatic carbocycles. The second-order valence-corrected chi connectivity index (χ2v) is 3.55. The van der Waals surface area contributed by atoms with E-state index in [1.54, 1.807) is 34.0 Å². The number of aryl methyl sites for hydroxylation is 2. The van der Waals surface area contributed by atoms with Gasteiger partial charge >= 0.3 is 0 Å². The van der Waals surface area contributed by atoms with Crippen molar-refractivity contribution in [3.63, 3.8) is 0 Å². The maximum absolute atomic E-state index is 11.6. The molecule has 16 heavy (non-hydrogen) atoms. The number of nitrogens with zero attached hydrogens (tertiary/aromatic N) is 4. The fourth-order valence-corrected chi connectivity index (χ4v) is 1.45. The van der Waals surface area contributed by atoms with E-state index in [0.717, 1.165) is 11.4 Å². The van der Waals surface area contributed by atoms with E-state index in [4.69, 9.17) is 0 Å². The van der Waals surface area contributed by atoms with Crippen LogP contribution in [0.25, 0.3) is 0 Å². The summed E-state index contributed by atoms with van der Waals surface area (Å²) in [5.74, 6) is -0.111. The van der Waals surface area contributed by atoms with E-state index in [-0.39, 0.29) is 12.5 Å². The largest absolute Gasteiger partial charge is 0.322 e. The van der Waals surface area contributed by atoms with Crippen molar-refractivity contribution in [2.45, 2.75) is 13.5 Å². The minimum Gasteiger partial charge on any atom is -0.322 e. The molecule has 0 radical (unpaired) electrons. The molecule has 0 fully saturated rings. The lowest BCUT2D eigenvalue weighted by Gasteiger charge is -2.03. The molecule has 0 unspecified atom stereocenters. The molecular weight excluding hydrogens is 206 g/mol. The van der Waals surface area contributed by atoms with Crippen LogP contribution in [-0.2, 0) is 18.4 Å². The lowest BCUT2D eigenvalue weighted by molar-refractivity contribution is -0.116. The fourth-order valence-electron chi connectivity index (χ4n) is 1.45. The monoisotopic (exact) mass is 219 g/mol. The number of hydrogen-bond acceptors (Lipinski definition) is 3. The molecule has 2 aromatic heterocycles. The molecule has 1 amide bonds. The zero-order chi connectivity index (χ0) is 11.5. The van der Waals surface area contributed by atoms with Crippen molar-refractivity contribution in [2.24, 2.45) is 7.05 Å². The maximum Gasteiger partial charge on any atom is 0.246 e. The van der Waals surface area contributed by atoms with Gasteiger partial charge in [0.05, 0.1) is 11.4 Å². The summed E-state index contributed by atoms with van der Waals surface area (Å²) < 4.78 is 3.24. The molecular formula is C10H13N5O. The Kier molecular flexibility index (Phi) is 2.72. The number of rotatable bonds is 3. The van der Waals surface area contributed by atoms with Crippen LogP contribution in [0, 0.1) is 6.92 Å². The smallest absolute Gasteiger partial charge is 0.246 e. The van der Waals surface area contributed by atoms with Crippen LogP contribution in [0.5, 0.6) is 0 Å². The van der Waals surface area contributed by atoms with Crippen LogP contribution in [0.3, 0.4) is 0 Å². The first-order valence-corrected chi connectivity index (χ1v) is 4.92. The molecule has 2 aromatic rings. The van der Waals surface area contributed by atoms with Crippen LogP contribution >= 0.6 is 0 Å². The first-order valence-electron chi connectivity index (χ1n) is 4.92. The number of anilines is 1. The summed E-state index contributed by atoms with van der Waals surface area (Å²) >= 11 is 0. The molecule has 0 aliphatic heterocycles. The quantitative estimate of drug-likeness (QED) is 0.820. The van der Waals surface area contributed by atoms with Gasteiger partial charge < -0.3 is 5.32 Å². The molecule has 0 bridgehead atoms. The topological polar surface area (TPSA) is 64.7 Å². The molecule has 0 aliphatic rings. The van der Waals surface area contributed by atoms with Gasteiger partial charge in [-0.2, -0.15) is 10.2 Å². The Balaban J connectivity index is 2.00. The van der Waals surface area contributed by atoms with Crippen molar-refractivity contribution in [1.29, 1.82) is 0 Å². The maximum atomic E-state index is 11.6. The Hall–Kier alpha value is -2.11. The van der Waals surface area contributed by atoms with Gasteiger partial charge in [0, 0.05) is 25.6 Å². The van der Waals surface area contributed by atoms with Crippen LogP contribution in [-0.4, -0.2) is 25.5 Å². The van der Waals surface area contributed by atoms with Crippen molar-refractivity contribution >= 4 is 11.6 Å². The van der Waals surface area contributed by atoms with Crippen molar-refractivity contribution in [2.75, 3.05) is 5.32 Å². The summed E-state index contributed by atoms with van der Waals surface area (Å²) in [5.41, 5.74) is 1.54. The van der Waals surface area contributed by atoms with Crippen molar-refractivity contribution < 1.29 is 4.79 Å². The predicted octanol–water partition coefficient (Wildman–Crippen LogP) is 0.564. The number of aromatic nitrogens is 4. The molecule has 0 atom stereocenters. The Bertz CT molecular complexity index is 485. The zero-order valence-corrected chi connectivity index (χ0v) is 9.21. The molecule has 0 saturated heterocycles. The molecule has 0 aliphatic carbocycles. The van der Waals surface area contributed by atoms with Gasteiger partial charge in [-0.15, -0.1) is 0 Å². The number of carbonyl (C=O) groups excluding carboxylic acids is 1. The predicted molar refractivity (Wildman–Crippen MR) is 58.8 cm³/mol. The SMILES string of the molecule is Cc1nn(C)cc1NC(=O)Cn1cccn1. The van der Waals surface area contributed by atoms with Gasteiger partial charge in [0.25, 0.3) is 0 Å². The van der Waals surface area contributed by atoms with E-state index in [2.05, 4.69) is 15.5 Å². The molecule has 2 rings (SSSR count). The first kappa shape index (κ1) is 10.4. The van der Waals surface area contributed by atoms with Crippen LogP contribution in [0.4, 0.5) is 5.69 Å². The van der Waals surface area contributed by atoms with Gasteiger partial charge in [-0.1, -0.05) is 0 Å². The van der Waals surface area contributed by atoms with E-state index >= 15 is 0 Å². The lowest BCUT2D eigenvalue weighted by Crippen LogP contribution is -2.19. The molecule has 0 saturated carbocycles. The molecule has 1 N–H and O–H groups in total. The average Bonchev–Trinajstić information content (AvgIpc) is 2.78. The van der Waals surface area contributed by atoms with E-state index in [1.807, 2.05) is 14.0 Å². The van der Waals surface area contributed by atoms with Crippen molar-refractivity contribution in [3.8, 4) is 0 Å². The summed E-state index contributed by atoms with van der Waals surface area (Å²) in [6.45, 7) is 2.06. The summed E-state index contributed by atoms with van der Waals surface area (Å²) in [7, 11) is 1.82. The van der Waals surface area contributed by atoms with E-state index in [0.29, 0.717) is 0 Å². The third-order valence-electron chi connectivity index (χ3n) is 2.15. The van der Waals surface area contributed by atoms with Crippen LogP contribution in [0.2, 0.25) is 0 Å². The third-order valence-corrected chi connectivity index (χ3v) is 2.15. The number of carbonyl (C=O) groups is 1. The van der Waals surface area contributed by atoms with Gasteiger partial charge in [-0.25, -0.2) is 0 Å². The zero-order valence-electron chi connectivity index (χ0n) is 9.21. The normalized spacial score (nSPS) is 10.4. The molecule has 0 spiro atoms. The molecule has 84 valence electrons. The van der Waals surface area contributed by atoms with E-state index in [1.165, 1.54) is 0 Å². The van der Waals surface area contributed by atoms with Gasteiger partial charge in [-0.3, -0.25) is 14.2 Å². The second-order valence-electron chi connectivity index (χ2n) is 3.55. The van der Waals surface area contributed by atoms with E-state index in [9.17, 15) is 4.79 Å². The minimum atomic E-state index is -0.111. The Labute approximate surface area is 92.9 Å². The minimum absolute atomic E-state index is 0.111. The Morgan fingerprint density at radius 3 is 2.94 bits per heavy atom. The highest BCUT2D eigenvalue weighted by molar-refractivity contribution is 5.90. The van der Waals surface area contributed by atoms with Gasteiger partial charge in [-0.05, 0) is 13.0 Å². The summed E-state index contributed by atoms with van der Waals surface area (Å²) in [5, 5.41) is 10.9. The summed E-state index contributed by atoms with van der Waals surface area (Å²) in [4.78, 5) is 11.6. The average molecular weight is 219 g/mol. The highest BCUT2D eigenvalue weighted by Gasteiger charge is 2.07. The van der Waals surface area contributed by atoms with Crippen LogP contribution in [0.15, 0.2) is 24.7 Å². The summed E-state index contributed by atoms with van der Waals surface area (Å²) in [6, 6.07) is 1.78. The van der Waals surface area contributed by atoms with Crippen LogP contribution in [0.1, 0.15) is 5.69 Å².